The molecule has 1 N–H and O–H groups in total. The molecule has 19 heavy (non-hydrogen) atoms. The van der Waals surface area contributed by atoms with Gasteiger partial charge in [-0.25, -0.2) is 4.98 Å². The molecule has 0 aliphatic carbocycles. The van der Waals surface area contributed by atoms with Crippen molar-refractivity contribution in [2.75, 3.05) is 6.61 Å². The predicted octanol–water partition coefficient (Wildman–Crippen LogP) is 2.49. The van der Waals surface area contributed by atoms with E-state index in [0.717, 1.165) is 29.8 Å². The zero-order chi connectivity index (χ0) is 13.8. The van der Waals surface area contributed by atoms with Crippen molar-refractivity contribution in [3.05, 3.63) is 29.6 Å². The molecule has 0 atom stereocenters. The quantitative estimate of drug-likeness (QED) is 0.895. The molecule has 1 aromatic carbocycles. The first-order valence-corrected chi connectivity index (χ1v) is 6.66. The molecule has 0 spiro atoms. The van der Waals surface area contributed by atoms with E-state index in [0.29, 0.717) is 17.9 Å². The van der Waals surface area contributed by atoms with E-state index in [1.54, 1.807) is 0 Å². The number of rotatable bonds is 5. The van der Waals surface area contributed by atoms with E-state index < -0.39 is 0 Å². The number of imidazole rings is 1. The smallest absolute Gasteiger partial charge is 0.109 e. The Labute approximate surface area is 113 Å². The SMILES string of the molecule is CC(C)Cn1c(CCCO)nc2cc(C#N)ccc21. The van der Waals surface area contributed by atoms with Crippen LogP contribution in [0.4, 0.5) is 0 Å². The monoisotopic (exact) mass is 257 g/mol. The molecule has 0 radical (unpaired) electrons. The second-order valence-corrected chi connectivity index (χ2v) is 5.17. The lowest BCUT2D eigenvalue weighted by atomic mass is 10.2. The Hall–Kier alpha value is -1.86. The van der Waals surface area contributed by atoms with Crippen LogP contribution in [0.5, 0.6) is 0 Å². The first-order chi connectivity index (χ1) is 9.15. The van der Waals surface area contributed by atoms with E-state index in [2.05, 4.69) is 29.5 Å². The van der Waals surface area contributed by atoms with Crippen molar-refractivity contribution < 1.29 is 5.11 Å². The molecule has 4 heteroatoms. The van der Waals surface area contributed by atoms with Gasteiger partial charge in [0, 0.05) is 19.6 Å². The molecule has 0 saturated heterocycles. The van der Waals surface area contributed by atoms with Crippen LogP contribution in [-0.2, 0) is 13.0 Å². The molecule has 1 heterocycles. The highest BCUT2D eigenvalue weighted by molar-refractivity contribution is 5.77. The van der Waals surface area contributed by atoms with Gasteiger partial charge in [0.15, 0.2) is 0 Å². The van der Waals surface area contributed by atoms with Gasteiger partial charge in [-0.05, 0) is 30.5 Å². The fraction of sp³-hybridized carbons (Fsp3) is 0.467. The van der Waals surface area contributed by atoms with Gasteiger partial charge in [0.05, 0.1) is 22.7 Å². The fourth-order valence-electron chi connectivity index (χ4n) is 2.25. The molecular formula is C15H19N3O. The number of nitrogens with zero attached hydrogens (tertiary/aromatic N) is 3. The van der Waals surface area contributed by atoms with Gasteiger partial charge in [-0.3, -0.25) is 0 Å². The number of aliphatic hydroxyl groups is 1. The van der Waals surface area contributed by atoms with Crippen molar-refractivity contribution in [1.82, 2.24) is 9.55 Å². The van der Waals surface area contributed by atoms with Crippen LogP contribution in [0.1, 0.15) is 31.7 Å². The van der Waals surface area contributed by atoms with Gasteiger partial charge in [0.2, 0.25) is 0 Å². The van der Waals surface area contributed by atoms with Crippen molar-refractivity contribution in [3.8, 4) is 6.07 Å². The summed E-state index contributed by atoms with van der Waals surface area (Å²) >= 11 is 0. The van der Waals surface area contributed by atoms with E-state index in [-0.39, 0.29) is 6.61 Å². The van der Waals surface area contributed by atoms with E-state index >= 15 is 0 Å². The summed E-state index contributed by atoms with van der Waals surface area (Å²) in [7, 11) is 0. The minimum atomic E-state index is 0.175. The molecular weight excluding hydrogens is 238 g/mol. The Kier molecular flexibility index (Phi) is 4.18. The third kappa shape index (κ3) is 2.94. The van der Waals surface area contributed by atoms with E-state index in [4.69, 9.17) is 10.4 Å². The van der Waals surface area contributed by atoms with Crippen LogP contribution in [0.25, 0.3) is 11.0 Å². The Bertz CT molecular complexity index is 608. The van der Waals surface area contributed by atoms with Crippen molar-refractivity contribution in [2.24, 2.45) is 5.92 Å². The van der Waals surface area contributed by atoms with E-state index in [1.807, 2.05) is 18.2 Å². The molecule has 2 rings (SSSR count). The maximum absolute atomic E-state index is 8.98. The fourth-order valence-corrected chi connectivity index (χ4v) is 2.25. The molecule has 4 nitrogen and oxygen atoms in total. The Morgan fingerprint density at radius 2 is 2.21 bits per heavy atom. The summed E-state index contributed by atoms with van der Waals surface area (Å²) in [5.41, 5.74) is 2.57. The topological polar surface area (TPSA) is 61.8 Å². The van der Waals surface area contributed by atoms with Crippen LogP contribution in [0.2, 0.25) is 0 Å². The molecule has 0 aliphatic heterocycles. The summed E-state index contributed by atoms with van der Waals surface area (Å²) in [5, 5.41) is 17.9. The minimum absolute atomic E-state index is 0.175. The second-order valence-electron chi connectivity index (χ2n) is 5.17. The summed E-state index contributed by atoms with van der Waals surface area (Å²) in [6, 6.07) is 7.76. The van der Waals surface area contributed by atoms with Crippen LogP contribution in [0.3, 0.4) is 0 Å². The first-order valence-electron chi connectivity index (χ1n) is 6.66. The van der Waals surface area contributed by atoms with Gasteiger partial charge in [-0.2, -0.15) is 5.26 Å². The van der Waals surface area contributed by atoms with Gasteiger partial charge < -0.3 is 9.67 Å². The number of hydrogen-bond donors (Lipinski definition) is 1. The molecule has 0 saturated carbocycles. The van der Waals surface area contributed by atoms with Gasteiger partial charge in [-0.15, -0.1) is 0 Å². The summed E-state index contributed by atoms with van der Waals surface area (Å²) in [5.74, 6) is 1.52. The molecule has 0 fully saturated rings. The Balaban J connectivity index is 2.49. The largest absolute Gasteiger partial charge is 0.396 e. The molecule has 2 aromatic rings. The van der Waals surface area contributed by atoms with Crippen LogP contribution >= 0.6 is 0 Å². The predicted molar refractivity (Wildman–Crippen MR) is 74.7 cm³/mol. The Morgan fingerprint density at radius 3 is 2.84 bits per heavy atom. The second kappa shape index (κ2) is 5.85. The van der Waals surface area contributed by atoms with Crippen molar-refractivity contribution in [3.63, 3.8) is 0 Å². The van der Waals surface area contributed by atoms with Crippen molar-refractivity contribution >= 4 is 11.0 Å². The van der Waals surface area contributed by atoms with Crippen LogP contribution in [0, 0.1) is 17.2 Å². The third-order valence-electron chi connectivity index (χ3n) is 3.06. The first kappa shape index (κ1) is 13.6. The number of aliphatic hydroxyl groups excluding tert-OH is 1. The third-order valence-corrected chi connectivity index (χ3v) is 3.06. The molecule has 100 valence electrons. The summed E-state index contributed by atoms with van der Waals surface area (Å²) in [4.78, 5) is 4.61. The summed E-state index contributed by atoms with van der Waals surface area (Å²) in [6.07, 6.45) is 1.48. The number of aryl methyl sites for hydroxylation is 1. The zero-order valence-corrected chi connectivity index (χ0v) is 11.4. The maximum atomic E-state index is 8.98. The summed E-state index contributed by atoms with van der Waals surface area (Å²) < 4.78 is 2.21. The van der Waals surface area contributed by atoms with Crippen molar-refractivity contribution in [1.29, 1.82) is 5.26 Å². The zero-order valence-electron chi connectivity index (χ0n) is 11.4. The van der Waals surface area contributed by atoms with Crippen LogP contribution < -0.4 is 0 Å². The number of benzene rings is 1. The lowest BCUT2D eigenvalue weighted by Gasteiger charge is -2.11. The van der Waals surface area contributed by atoms with Gasteiger partial charge in [0.1, 0.15) is 5.82 Å². The highest BCUT2D eigenvalue weighted by atomic mass is 16.2. The van der Waals surface area contributed by atoms with Crippen LogP contribution in [0.15, 0.2) is 18.2 Å². The molecule has 0 aliphatic rings. The van der Waals surface area contributed by atoms with E-state index in [1.165, 1.54) is 0 Å². The average Bonchev–Trinajstić information content (AvgIpc) is 2.73. The maximum Gasteiger partial charge on any atom is 0.109 e. The highest BCUT2D eigenvalue weighted by Gasteiger charge is 2.12. The van der Waals surface area contributed by atoms with Gasteiger partial charge in [0.25, 0.3) is 0 Å². The van der Waals surface area contributed by atoms with Gasteiger partial charge >= 0.3 is 0 Å². The number of aromatic nitrogens is 2. The summed E-state index contributed by atoms with van der Waals surface area (Å²) in [6.45, 7) is 5.42. The minimum Gasteiger partial charge on any atom is -0.396 e. The number of fused-ring (bicyclic) bond motifs is 1. The molecule has 1 aromatic heterocycles. The van der Waals surface area contributed by atoms with Crippen molar-refractivity contribution in [2.45, 2.75) is 33.2 Å². The lowest BCUT2D eigenvalue weighted by Crippen LogP contribution is -2.09. The Morgan fingerprint density at radius 1 is 1.42 bits per heavy atom. The average molecular weight is 257 g/mol. The lowest BCUT2D eigenvalue weighted by molar-refractivity contribution is 0.286. The van der Waals surface area contributed by atoms with E-state index in [9.17, 15) is 0 Å². The molecule has 0 bridgehead atoms. The normalized spacial score (nSPS) is 11.1. The number of hydrogen-bond acceptors (Lipinski definition) is 3. The standard InChI is InChI=1S/C15H19N3O/c1-11(2)10-18-14-6-5-12(9-16)8-13(14)17-15(18)4-3-7-19/h5-6,8,11,19H,3-4,7,10H2,1-2H3. The molecule has 0 unspecified atom stereocenters. The van der Waals surface area contributed by atoms with Gasteiger partial charge in [-0.1, -0.05) is 13.8 Å². The molecule has 0 amide bonds. The number of nitriles is 1. The van der Waals surface area contributed by atoms with Crippen LogP contribution in [-0.4, -0.2) is 21.3 Å². The highest BCUT2D eigenvalue weighted by Crippen LogP contribution is 2.20.